The zero-order chi connectivity index (χ0) is 21.7. The summed E-state index contributed by atoms with van der Waals surface area (Å²) in [5, 5.41) is 13.9. The Morgan fingerprint density at radius 2 is 1.80 bits per heavy atom. The van der Waals surface area contributed by atoms with Crippen LogP contribution in [-0.2, 0) is 11.3 Å². The van der Waals surface area contributed by atoms with Crippen LogP contribution in [0.25, 0.3) is 0 Å². The van der Waals surface area contributed by atoms with Crippen LogP contribution in [0.15, 0.2) is 42.5 Å². The van der Waals surface area contributed by atoms with Gasteiger partial charge in [-0.2, -0.15) is 0 Å². The second-order valence-corrected chi connectivity index (χ2v) is 7.25. The lowest BCUT2D eigenvalue weighted by molar-refractivity contribution is -0.384. The number of hydrogen-bond acceptors (Lipinski definition) is 7. The molecule has 1 aliphatic heterocycles. The van der Waals surface area contributed by atoms with Crippen LogP contribution < -0.4 is 5.32 Å². The van der Waals surface area contributed by atoms with Crippen LogP contribution in [0.1, 0.15) is 26.3 Å². The van der Waals surface area contributed by atoms with Crippen molar-refractivity contribution >= 4 is 23.3 Å². The van der Waals surface area contributed by atoms with Crippen molar-refractivity contribution in [2.75, 3.05) is 45.7 Å². The maximum atomic E-state index is 12.7. The van der Waals surface area contributed by atoms with Gasteiger partial charge >= 0.3 is 5.97 Å². The van der Waals surface area contributed by atoms with E-state index in [1.807, 2.05) is 18.2 Å². The van der Waals surface area contributed by atoms with Crippen LogP contribution in [-0.4, -0.2) is 66.9 Å². The predicted molar refractivity (Wildman–Crippen MR) is 112 cm³/mol. The number of hydrogen-bond donors (Lipinski definition) is 1. The van der Waals surface area contributed by atoms with Gasteiger partial charge in [0.2, 0.25) is 0 Å². The van der Waals surface area contributed by atoms with Gasteiger partial charge in [-0.25, -0.2) is 4.79 Å². The zero-order valence-electron chi connectivity index (χ0n) is 17.0. The summed E-state index contributed by atoms with van der Waals surface area (Å²) in [7, 11) is 3.28. The monoisotopic (exact) mass is 412 g/mol. The van der Waals surface area contributed by atoms with E-state index < -0.39 is 16.8 Å². The fraction of sp³-hybridized carbons (Fsp3) is 0.333. The maximum absolute atomic E-state index is 12.7. The molecule has 2 aromatic carbocycles. The number of esters is 1. The minimum Gasteiger partial charge on any atom is -0.465 e. The quantitative estimate of drug-likeness (QED) is 0.441. The molecule has 1 heterocycles. The fourth-order valence-electron chi connectivity index (χ4n) is 3.30. The molecule has 158 valence electrons. The molecule has 0 aromatic heterocycles. The molecule has 0 unspecified atom stereocenters. The van der Waals surface area contributed by atoms with Gasteiger partial charge in [-0.15, -0.1) is 0 Å². The third kappa shape index (κ3) is 5.40. The number of methoxy groups -OCH3 is 1. The molecular formula is C21H24N4O5. The number of benzene rings is 2. The largest absolute Gasteiger partial charge is 0.465 e. The first-order chi connectivity index (χ1) is 14.4. The van der Waals surface area contributed by atoms with E-state index >= 15 is 0 Å². The molecule has 9 nitrogen and oxygen atoms in total. The second-order valence-electron chi connectivity index (χ2n) is 7.25. The average molecular weight is 412 g/mol. The number of non-ortho nitro benzene ring substituents is 1. The van der Waals surface area contributed by atoms with Crippen LogP contribution in [0.2, 0.25) is 0 Å². The van der Waals surface area contributed by atoms with E-state index in [4.69, 9.17) is 0 Å². The summed E-state index contributed by atoms with van der Waals surface area (Å²) in [6, 6.07) is 11.0. The van der Waals surface area contributed by atoms with Gasteiger partial charge in [0.05, 0.1) is 17.6 Å². The number of rotatable bonds is 6. The Morgan fingerprint density at radius 3 is 2.47 bits per heavy atom. The van der Waals surface area contributed by atoms with E-state index in [0.717, 1.165) is 50.4 Å². The Labute approximate surface area is 174 Å². The number of anilines is 1. The molecule has 0 saturated carbocycles. The molecule has 0 aliphatic carbocycles. The summed E-state index contributed by atoms with van der Waals surface area (Å²) < 4.78 is 4.62. The van der Waals surface area contributed by atoms with Crippen molar-refractivity contribution in [2.24, 2.45) is 0 Å². The van der Waals surface area contributed by atoms with Gasteiger partial charge in [-0.1, -0.05) is 12.1 Å². The van der Waals surface area contributed by atoms with Crippen molar-refractivity contribution in [1.29, 1.82) is 0 Å². The first kappa shape index (κ1) is 21.4. The summed E-state index contributed by atoms with van der Waals surface area (Å²) in [6.07, 6.45) is 0. The molecule has 0 radical (unpaired) electrons. The lowest BCUT2D eigenvalue weighted by Gasteiger charge is -2.32. The maximum Gasteiger partial charge on any atom is 0.338 e. The van der Waals surface area contributed by atoms with Gasteiger partial charge < -0.3 is 15.0 Å². The summed E-state index contributed by atoms with van der Waals surface area (Å²) in [5.74, 6) is -1.29. The Kier molecular flexibility index (Phi) is 6.76. The standard InChI is InChI=1S/C21H24N4O5/c1-23-6-8-24(9-7-23)14-15-4-3-5-18(10-15)22-20(26)16-11-17(21(27)30-2)13-19(12-16)25(28)29/h3-5,10-13H,6-9,14H2,1-2H3,(H,22,26). The number of nitro benzene ring substituents is 1. The molecule has 1 saturated heterocycles. The van der Waals surface area contributed by atoms with Crippen molar-refractivity contribution in [3.8, 4) is 0 Å². The lowest BCUT2D eigenvalue weighted by atomic mass is 10.1. The topological polar surface area (TPSA) is 105 Å². The highest BCUT2D eigenvalue weighted by molar-refractivity contribution is 6.06. The number of nitrogens with one attached hydrogen (secondary N) is 1. The Bertz CT molecular complexity index is 954. The Morgan fingerprint density at radius 1 is 1.10 bits per heavy atom. The van der Waals surface area contributed by atoms with Gasteiger partial charge in [-0.05, 0) is 30.8 Å². The van der Waals surface area contributed by atoms with Gasteiger partial charge in [0, 0.05) is 56.1 Å². The first-order valence-electron chi connectivity index (χ1n) is 9.54. The van der Waals surface area contributed by atoms with Crippen molar-refractivity contribution in [3.05, 3.63) is 69.3 Å². The number of ether oxygens (including phenoxy) is 1. The number of nitro groups is 1. The van der Waals surface area contributed by atoms with Crippen LogP contribution >= 0.6 is 0 Å². The van der Waals surface area contributed by atoms with E-state index in [1.54, 1.807) is 6.07 Å². The molecular weight excluding hydrogens is 388 g/mol. The smallest absolute Gasteiger partial charge is 0.338 e. The van der Waals surface area contributed by atoms with E-state index in [1.165, 1.54) is 13.2 Å². The molecule has 30 heavy (non-hydrogen) atoms. The molecule has 2 aromatic rings. The summed E-state index contributed by atoms with van der Waals surface area (Å²) >= 11 is 0. The third-order valence-electron chi connectivity index (χ3n) is 5.00. The van der Waals surface area contributed by atoms with Gasteiger partial charge in [0.15, 0.2) is 0 Å². The van der Waals surface area contributed by atoms with Crippen molar-refractivity contribution in [3.63, 3.8) is 0 Å². The third-order valence-corrected chi connectivity index (χ3v) is 5.00. The molecule has 0 bridgehead atoms. The lowest BCUT2D eigenvalue weighted by Crippen LogP contribution is -2.43. The average Bonchev–Trinajstić information content (AvgIpc) is 2.74. The minimum atomic E-state index is -0.748. The van der Waals surface area contributed by atoms with Crippen molar-refractivity contribution in [1.82, 2.24) is 9.80 Å². The fourth-order valence-corrected chi connectivity index (χ4v) is 3.30. The highest BCUT2D eigenvalue weighted by Gasteiger charge is 2.19. The molecule has 0 atom stereocenters. The highest BCUT2D eigenvalue weighted by atomic mass is 16.6. The Balaban J connectivity index is 1.75. The van der Waals surface area contributed by atoms with Crippen LogP contribution in [0.4, 0.5) is 11.4 Å². The summed E-state index contributed by atoms with van der Waals surface area (Å²) in [5.41, 5.74) is 1.24. The first-order valence-corrected chi connectivity index (χ1v) is 9.54. The number of carbonyl (C=O) groups is 2. The number of likely N-dealkylation sites (N-methyl/N-ethyl adjacent to an activating group) is 1. The molecule has 1 amide bonds. The SMILES string of the molecule is COC(=O)c1cc(C(=O)Nc2cccc(CN3CCN(C)CC3)c2)cc([N+](=O)[O-])c1. The Hall–Kier alpha value is -3.30. The molecule has 1 aliphatic rings. The number of piperazine rings is 1. The minimum absolute atomic E-state index is 0.00840. The molecule has 3 rings (SSSR count). The highest BCUT2D eigenvalue weighted by Crippen LogP contribution is 2.20. The van der Waals surface area contributed by atoms with Gasteiger partial charge in [-0.3, -0.25) is 19.8 Å². The number of amides is 1. The van der Waals surface area contributed by atoms with Gasteiger partial charge in [0.25, 0.3) is 11.6 Å². The van der Waals surface area contributed by atoms with E-state index in [0.29, 0.717) is 5.69 Å². The van der Waals surface area contributed by atoms with Crippen molar-refractivity contribution in [2.45, 2.75) is 6.54 Å². The summed E-state index contributed by atoms with van der Waals surface area (Å²) in [4.78, 5) is 39.6. The van der Waals surface area contributed by atoms with E-state index in [2.05, 4.69) is 26.9 Å². The second kappa shape index (κ2) is 9.47. The zero-order valence-corrected chi connectivity index (χ0v) is 17.0. The van der Waals surface area contributed by atoms with Crippen molar-refractivity contribution < 1.29 is 19.2 Å². The van der Waals surface area contributed by atoms with Crippen LogP contribution in [0, 0.1) is 10.1 Å². The van der Waals surface area contributed by atoms with Crippen LogP contribution in [0.3, 0.4) is 0 Å². The number of carbonyl (C=O) groups excluding carboxylic acids is 2. The molecule has 0 spiro atoms. The summed E-state index contributed by atoms with van der Waals surface area (Å²) in [6.45, 7) is 4.78. The normalized spacial score (nSPS) is 14.9. The van der Waals surface area contributed by atoms with E-state index in [9.17, 15) is 19.7 Å². The number of nitrogens with zero attached hydrogens (tertiary/aromatic N) is 3. The van der Waals surface area contributed by atoms with Gasteiger partial charge in [0.1, 0.15) is 0 Å². The van der Waals surface area contributed by atoms with E-state index in [-0.39, 0.29) is 16.8 Å². The molecule has 1 fully saturated rings. The molecule has 9 heteroatoms. The van der Waals surface area contributed by atoms with Crippen LogP contribution in [0.5, 0.6) is 0 Å². The predicted octanol–water partition coefficient (Wildman–Crippen LogP) is 2.38. The molecule has 1 N–H and O–H groups in total.